The van der Waals surface area contributed by atoms with Gasteiger partial charge in [-0.25, -0.2) is 4.98 Å². The van der Waals surface area contributed by atoms with Crippen molar-refractivity contribution in [1.82, 2.24) is 4.98 Å². The Morgan fingerprint density at radius 1 is 1.08 bits per heavy atom. The van der Waals surface area contributed by atoms with Crippen LogP contribution in [-0.2, 0) is 9.59 Å². The number of rotatable bonds is 5. The van der Waals surface area contributed by atoms with Crippen LogP contribution in [0.5, 0.6) is 0 Å². The number of hydrogen-bond donors (Lipinski definition) is 1. The average molecular weight is 338 g/mol. The molecule has 0 fully saturated rings. The number of carbonyl (C=O) groups excluding carboxylic acids is 2. The van der Waals surface area contributed by atoms with Gasteiger partial charge in [0.1, 0.15) is 10.8 Å². The van der Waals surface area contributed by atoms with E-state index in [0.717, 1.165) is 21.8 Å². The van der Waals surface area contributed by atoms with Gasteiger partial charge in [0.05, 0.1) is 10.2 Å². The highest BCUT2D eigenvalue weighted by Gasteiger charge is 2.08. The third-order valence-electron chi connectivity index (χ3n) is 3.66. The molecule has 0 radical (unpaired) electrons. The number of hydrogen-bond acceptors (Lipinski definition) is 4. The number of nitrogens with zero attached hydrogens (tertiary/aromatic N) is 1. The number of Topliss-reactive ketones (excluding diaryl/α,β-unsaturated/α-hetero) is 1. The number of amides is 1. The lowest BCUT2D eigenvalue weighted by Crippen LogP contribution is -2.12. The first-order valence-electron chi connectivity index (χ1n) is 7.78. The fourth-order valence-electron chi connectivity index (χ4n) is 2.36. The van der Waals surface area contributed by atoms with Crippen molar-refractivity contribution in [2.75, 3.05) is 5.32 Å². The first-order chi connectivity index (χ1) is 11.5. The molecule has 5 heteroatoms. The summed E-state index contributed by atoms with van der Waals surface area (Å²) in [5.41, 5.74) is 3.98. The standard InChI is InChI=1S/C19H18N2O2S/c1-12-3-9-16-17(11-12)24-19(21-16)14-5-7-15(8-6-14)20-18(23)10-4-13(2)22/h3,5-9,11H,4,10H2,1-2H3,(H,20,23). The van der Waals surface area contributed by atoms with E-state index >= 15 is 0 Å². The van der Waals surface area contributed by atoms with Crippen LogP contribution in [0.25, 0.3) is 20.8 Å². The maximum absolute atomic E-state index is 11.7. The summed E-state index contributed by atoms with van der Waals surface area (Å²) in [7, 11) is 0. The predicted molar refractivity (Wildman–Crippen MR) is 98.3 cm³/mol. The van der Waals surface area contributed by atoms with E-state index in [1.54, 1.807) is 11.3 Å². The zero-order valence-electron chi connectivity index (χ0n) is 13.6. The Labute approximate surface area is 144 Å². The quantitative estimate of drug-likeness (QED) is 0.741. The molecule has 0 saturated heterocycles. The number of thiazole rings is 1. The molecule has 3 rings (SSSR count). The van der Waals surface area contributed by atoms with Gasteiger partial charge < -0.3 is 10.1 Å². The lowest BCUT2D eigenvalue weighted by atomic mass is 10.2. The summed E-state index contributed by atoms with van der Waals surface area (Å²) in [5, 5.41) is 3.76. The third-order valence-corrected chi connectivity index (χ3v) is 4.73. The Morgan fingerprint density at radius 2 is 1.83 bits per heavy atom. The van der Waals surface area contributed by atoms with Crippen LogP contribution in [0.4, 0.5) is 5.69 Å². The zero-order valence-corrected chi connectivity index (χ0v) is 14.4. The second-order valence-corrected chi connectivity index (χ2v) is 6.85. The maximum Gasteiger partial charge on any atom is 0.224 e. The van der Waals surface area contributed by atoms with Crippen LogP contribution in [-0.4, -0.2) is 16.7 Å². The van der Waals surface area contributed by atoms with Crippen molar-refractivity contribution < 1.29 is 9.59 Å². The molecule has 0 unspecified atom stereocenters. The molecule has 0 aliphatic rings. The molecule has 4 nitrogen and oxygen atoms in total. The van der Waals surface area contributed by atoms with Gasteiger partial charge >= 0.3 is 0 Å². The van der Waals surface area contributed by atoms with Crippen molar-refractivity contribution in [3.05, 3.63) is 48.0 Å². The number of aromatic nitrogens is 1. The highest BCUT2D eigenvalue weighted by Crippen LogP contribution is 2.31. The van der Waals surface area contributed by atoms with Crippen LogP contribution in [0.3, 0.4) is 0 Å². The summed E-state index contributed by atoms with van der Waals surface area (Å²) in [6, 6.07) is 13.9. The van der Waals surface area contributed by atoms with Crippen molar-refractivity contribution in [1.29, 1.82) is 0 Å². The van der Waals surface area contributed by atoms with Gasteiger partial charge in [0.25, 0.3) is 0 Å². The van der Waals surface area contributed by atoms with Crippen LogP contribution < -0.4 is 5.32 Å². The van der Waals surface area contributed by atoms with Gasteiger partial charge in [-0.3, -0.25) is 4.79 Å². The highest BCUT2D eigenvalue weighted by atomic mass is 32.1. The number of ketones is 1. The molecule has 24 heavy (non-hydrogen) atoms. The molecule has 1 N–H and O–H groups in total. The molecule has 0 bridgehead atoms. The molecular weight excluding hydrogens is 320 g/mol. The number of benzene rings is 2. The van der Waals surface area contributed by atoms with Gasteiger partial charge in [-0.1, -0.05) is 6.07 Å². The summed E-state index contributed by atoms with van der Waals surface area (Å²) in [6.45, 7) is 3.56. The maximum atomic E-state index is 11.7. The molecule has 2 aromatic carbocycles. The minimum atomic E-state index is -0.145. The lowest BCUT2D eigenvalue weighted by Gasteiger charge is -2.05. The lowest BCUT2D eigenvalue weighted by molar-refractivity contribution is -0.121. The van der Waals surface area contributed by atoms with Gasteiger partial charge in [0.15, 0.2) is 0 Å². The number of carbonyl (C=O) groups is 2. The molecule has 1 aromatic heterocycles. The molecule has 3 aromatic rings. The topological polar surface area (TPSA) is 59.1 Å². The van der Waals surface area contributed by atoms with E-state index in [9.17, 15) is 9.59 Å². The fraction of sp³-hybridized carbons (Fsp3) is 0.211. The van der Waals surface area contributed by atoms with Crippen molar-refractivity contribution >= 4 is 38.9 Å². The summed E-state index contributed by atoms with van der Waals surface area (Å²) in [4.78, 5) is 27.3. The molecule has 0 aliphatic carbocycles. The van der Waals surface area contributed by atoms with E-state index in [1.165, 1.54) is 17.2 Å². The van der Waals surface area contributed by atoms with Crippen LogP contribution in [0.15, 0.2) is 42.5 Å². The Bertz CT molecular complexity index is 897. The average Bonchev–Trinajstić information content (AvgIpc) is 2.96. The van der Waals surface area contributed by atoms with Crippen molar-refractivity contribution in [2.24, 2.45) is 0 Å². The van der Waals surface area contributed by atoms with Gasteiger partial charge in [-0.05, 0) is 55.8 Å². The zero-order chi connectivity index (χ0) is 17.1. The Balaban J connectivity index is 1.73. The summed E-state index contributed by atoms with van der Waals surface area (Å²) >= 11 is 1.66. The highest BCUT2D eigenvalue weighted by molar-refractivity contribution is 7.21. The Morgan fingerprint density at radius 3 is 2.54 bits per heavy atom. The predicted octanol–water partition coefficient (Wildman–Crippen LogP) is 4.58. The summed E-state index contributed by atoms with van der Waals surface area (Å²) < 4.78 is 1.17. The smallest absolute Gasteiger partial charge is 0.224 e. The van der Waals surface area contributed by atoms with E-state index in [4.69, 9.17) is 0 Å². The number of aryl methyl sites for hydroxylation is 1. The monoisotopic (exact) mass is 338 g/mol. The minimum absolute atomic E-state index is 0.0200. The molecule has 122 valence electrons. The van der Waals surface area contributed by atoms with E-state index in [1.807, 2.05) is 30.3 Å². The van der Waals surface area contributed by atoms with Crippen molar-refractivity contribution in [3.63, 3.8) is 0 Å². The molecule has 1 heterocycles. The number of nitrogens with one attached hydrogen (secondary N) is 1. The van der Waals surface area contributed by atoms with E-state index in [-0.39, 0.29) is 24.5 Å². The van der Waals surface area contributed by atoms with Crippen LogP contribution in [0, 0.1) is 6.92 Å². The van der Waals surface area contributed by atoms with Gasteiger partial charge in [0.2, 0.25) is 5.91 Å². The Hall–Kier alpha value is -2.53. The number of anilines is 1. The largest absolute Gasteiger partial charge is 0.326 e. The second kappa shape index (κ2) is 6.93. The summed E-state index contributed by atoms with van der Waals surface area (Å²) in [6.07, 6.45) is 0.489. The van der Waals surface area contributed by atoms with Crippen LogP contribution >= 0.6 is 11.3 Å². The first-order valence-corrected chi connectivity index (χ1v) is 8.60. The molecule has 1 amide bonds. The summed E-state index contributed by atoms with van der Waals surface area (Å²) in [5.74, 6) is -0.125. The molecule has 0 spiro atoms. The van der Waals surface area contributed by atoms with Gasteiger partial charge in [-0.2, -0.15) is 0 Å². The molecule has 0 atom stereocenters. The van der Waals surface area contributed by atoms with E-state index in [0.29, 0.717) is 0 Å². The Kier molecular flexibility index (Phi) is 4.71. The normalized spacial score (nSPS) is 10.8. The van der Waals surface area contributed by atoms with E-state index in [2.05, 4.69) is 29.4 Å². The van der Waals surface area contributed by atoms with Crippen molar-refractivity contribution in [3.8, 4) is 10.6 Å². The fourth-order valence-corrected chi connectivity index (χ4v) is 3.43. The van der Waals surface area contributed by atoms with E-state index < -0.39 is 0 Å². The number of fused-ring (bicyclic) bond motifs is 1. The molecular formula is C19H18N2O2S. The second-order valence-electron chi connectivity index (χ2n) is 5.82. The van der Waals surface area contributed by atoms with Crippen LogP contribution in [0.2, 0.25) is 0 Å². The van der Waals surface area contributed by atoms with Crippen LogP contribution in [0.1, 0.15) is 25.3 Å². The van der Waals surface area contributed by atoms with Crippen molar-refractivity contribution in [2.45, 2.75) is 26.7 Å². The third kappa shape index (κ3) is 3.86. The minimum Gasteiger partial charge on any atom is -0.326 e. The molecule has 0 saturated carbocycles. The van der Waals surface area contributed by atoms with Gasteiger partial charge in [-0.15, -0.1) is 11.3 Å². The first kappa shape index (κ1) is 16.3. The van der Waals surface area contributed by atoms with Gasteiger partial charge in [0, 0.05) is 24.1 Å². The molecule has 0 aliphatic heterocycles. The SMILES string of the molecule is CC(=O)CCC(=O)Nc1ccc(-c2nc3ccc(C)cc3s2)cc1.